The van der Waals surface area contributed by atoms with Crippen LogP contribution >= 0.6 is 11.3 Å². The van der Waals surface area contributed by atoms with E-state index in [1.54, 1.807) is 0 Å². The number of hydrogen-bond donors (Lipinski definition) is 2. The number of aryl methyl sites for hydroxylation is 1. The highest BCUT2D eigenvalue weighted by molar-refractivity contribution is 7.21. The Hall–Kier alpha value is -1.63. The van der Waals surface area contributed by atoms with Gasteiger partial charge in [-0.05, 0) is 19.1 Å². The molecule has 21 heavy (non-hydrogen) atoms. The lowest BCUT2D eigenvalue weighted by Gasteiger charge is -2.22. The molecule has 1 aromatic carbocycles. The summed E-state index contributed by atoms with van der Waals surface area (Å²) in [6.07, 6.45) is -0.0828. The molecule has 5 nitrogen and oxygen atoms in total. The first-order valence-electron chi connectivity index (χ1n) is 6.91. The van der Waals surface area contributed by atoms with Gasteiger partial charge in [0.15, 0.2) is 0 Å². The molecule has 1 amide bonds. The molecule has 1 saturated heterocycles. The molecule has 112 valence electrons. The Labute approximate surface area is 127 Å². The standard InChI is InChI=1S/C15H18N2O3S/c1-9-2-3-12-11(6-9)13(16)14(21-12)15(18)17-7-10-8-19-4-5-20-10/h2-3,6,10H,4-5,7-8,16H2,1H3,(H,17,18). The maximum absolute atomic E-state index is 12.3. The van der Waals surface area contributed by atoms with Crippen LogP contribution in [0, 0.1) is 6.92 Å². The van der Waals surface area contributed by atoms with E-state index >= 15 is 0 Å². The lowest BCUT2D eigenvalue weighted by Crippen LogP contribution is -2.39. The van der Waals surface area contributed by atoms with E-state index in [9.17, 15) is 4.79 Å². The first kappa shape index (κ1) is 14.3. The lowest BCUT2D eigenvalue weighted by atomic mass is 10.1. The first-order valence-corrected chi connectivity index (χ1v) is 7.73. The summed E-state index contributed by atoms with van der Waals surface area (Å²) in [5.41, 5.74) is 7.80. The van der Waals surface area contributed by atoms with Crippen molar-refractivity contribution in [2.24, 2.45) is 0 Å². The number of nitrogen functional groups attached to an aromatic ring is 1. The number of carbonyl (C=O) groups excluding carboxylic acids is 1. The van der Waals surface area contributed by atoms with Gasteiger partial charge in [-0.2, -0.15) is 0 Å². The molecule has 0 spiro atoms. The Kier molecular flexibility index (Phi) is 4.10. The zero-order valence-electron chi connectivity index (χ0n) is 11.8. The second-order valence-electron chi connectivity index (χ2n) is 5.12. The molecular weight excluding hydrogens is 288 g/mol. The predicted octanol–water partition coefficient (Wildman–Crippen LogP) is 1.94. The zero-order valence-corrected chi connectivity index (χ0v) is 12.7. The summed E-state index contributed by atoms with van der Waals surface area (Å²) in [5.74, 6) is -0.152. The molecule has 0 aliphatic carbocycles. The maximum atomic E-state index is 12.3. The van der Waals surface area contributed by atoms with Crippen molar-refractivity contribution in [2.75, 3.05) is 32.1 Å². The van der Waals surface area contributed by atoms with E-state index in [4.69, 9.17) is 15.2 Å². The number of anilines is 1. The number of fused-ring (bicyclic) bond motifs is 1. The summed E-state index contributed by atoms with van der Waals surface area (Å²) < 4.78 is 11.8. The van der Waals surface area contributed by atoms with E-state index in [-0.39, 0.29) is 12.0 Å². The van der Waals surface area contributed by atoms with Crippen LogP contribution < -0.4 is 11.1 Å². The van der Waals surface area contributed by atoms with E-state index in [1.165, 1.54) is 11.3 Å². The fourth-order valence-electron chi connectivity index (χ4n) is 2.34. The van der Waals surface area contributed by atoms with Crippen LogP contribution in [0.2, 0.25) is 0 Å². The Balaban J connectivity index is 1.73. The van der Waals surface area contributed by atoms with Crippen LogP contribution in [0.1, 0.15) is 15.2 Å². The summed E-state index contributed by atoms with van der Waals surface area (Å²) in [7, 11) is 0. The van der Waals surface area contributed by atoms with Gasteiger partial charge >= 0.3 is 0 Å². The van der Waals surface area contributed by atoms with Crippen LogP contribution in [0.4, 0.5) is 5.69 Å². The van der Waals surface area contributed by atoms with Crippen LogP contribution in [0.25, 0.3) is 10.1 Å². The van der Waals surface area contributed by atoms with Crippen LogP contribution in [-0.2, 0) is 9.47 Å². The number of nitrogens with one attached hydrogen (secondary N) is 1. The number of nitrogens with two attached hydrogens (primary N) is 1. The van der Waals surface area contributed by atoms with E-state index in [0.717, 1.165) is 15.6 Å². The van der Waals surface area contributed by atoms with Crippen LogP contribution in [0.15, 0.2) is 18.2 Å². The number of hydrogen-bond acceptors (Lipinski definition) is 5. The quantitative estimate of drug-likeness (QED) is 0.909. The van der Waals surface area contributed by atoms with Crippen molar-refractivity contribution in [1.82, 2.24) is 5.32 Å². The summed E-state index contributed by atoms with van der Waals surface area (Å²) in [6.45, 7) is 4.15. The molecular formula is C15H18N2O3S. The number of thiophene rings is 1. The zero-order chi connectivity index (χ0) is 14.8. The number of ether oxygens (including phenoxy) is 2. The van der Waals surface area contributed by atoms with Crippen LogP contribution in [0.3, 0.4) is 0 Å². The molecule has 1 aliphatic rings. The third-order valence-corrected chi connectivity index (χ3v) is 4.65. The SMILES string of the molecule is Cc1ccc2sc(C(=O)NCC3COCCO3)c(N)c2c1. The average Bonchev–Trinajstić information content (AvgIpc) is 2.83. The minimum absolute atomic E-state index is 0.0828. The van der Waals surface area contributed by atoms with Crippen molar-refractivity contribution in [1.29, 1.82) is 0 Å². The van der Waals surface area contributed by atoms with Gasteiger partial charge in [0.1, 0.15) is 4.88 Å². The fourth-order valence-corrected chi connectivity index (χ4v) is 3.36. The van der Waals surface area contributed by atoms with Crippen molar-refractivity contribution >= 4 is 33.0 Å². The van der Waals surface area contributed by atoms with Gasteiger partial charge in [0.25, 0.3) is 5.91 Å². The molecule has 3 rings (SSSR count). The van der Waals surface area contributed by atoms with Gasteiger partial charge < -0.3 is 20.5 Å². The summed E-state index contributed by atoms with van der Waals surface area (Å²) in [5, 5.41) is 3.82. The van der Waals surface area contributed by atoms with Gasteiger partial charge in [0.2, 0.25) is 0 Å². The van der Waals surface area contributed by atoms with Gasteiger partial charge in [-0.25, -0.2) is 0 Å². The van der Waals surface area contributed by atoms with Gasteiger partial charge in [-0.1, -0.05) is 11.6 Å². The maximum Gasteiger partial charge on any atom is 0.263 e. The van der Waals surface area contributed by atoms with Crippen molar-refractivity contribution in [2.45, 2.75) is 13.0 Å². The molecule has 6 heteroatoms. The van der Waals surface area contributed by atoms with Gasteiger partial charge in [-0.3, -0.25) is 4.79 Å². The highest BCUT2D eigenvalue weighted by Crippen LogP contribution is 2.34. The highest BCUT2D eigenvalue weighted by atomic mass is 32.1. The molecule has 0 bridgehead atoms. The predicted molar refractivity (Wildman–Crippen MR) is 83.9 cm³/mol. The van der Waals surface area contributed by atoms with Crippen molar-refractivity contribution in [3.63, 3.8) is 0 Å². The summed E-state index contributed by atoms with van der Waals surface area (Å²) in [4.78, 5) is 12.8. The summed E-state index contributed by atoms with van der Waals surface area (Å²) >= 11 is 1.42. The third kappa shape index (κ3) is 3.02. The molecule has 1 fully saturated rings. The number of rotatable bonds is 3. The molecule has 1 atom stereocenters. The second kappa shape index (κ2) is 6.01. The smallest absolute Gasteiger partial charge is 0.263 e. The number of carbonyl (C=O) groups is 1. The molecule has 1 aliphatic heterocycles. The molecule has 1 aromatic heterocycles. The largest absolute Gasteiger partial charge is 0.397 e. The molecule has 0 radical (unpaired) electrons. The van der Waals surface area contributed by atoms with Crippen molar-refractivity contribution in [3.8, 4) is 0 Å². The van der Waals surface area contributed by atoms with Gasteiger partial charge in [-0.15, -0.1) is 11.3 Å². The Morgan fingerprint density at radius 2 is 2.33 bits per heavy atom. The van der Waals surface area contributed by atoms with E-state index in [2.05, 4.69) is 5.32 Å². The van der Waals surface area contributed by atoms with E-state index in [0.29, 0.717) is 36.9 Å². The van der Waals surface area contributed by atoms with Gasteiger partial charge in [0.05, 0.1) is 31.6 Å². The van der Waals surface area contributed by atoms with Gasteiger partial charge in [0, 0.05) is 16.6 Å². The minimum atomic E-state index is -0.152. The third-order valence-electron chi connectivity index (χ3n) is 3.46. The van der Waals surface area contributed by atoms with E-state index in [1.807, 2.05) is 25.1 Å². The lowest BCUT2D eigenvalue weighted by molar-refractivity contribution is -0.0855. The Morgan fingerprint density at radius 3 is 3.10 bits per heavy atom. The number of amides is 1. The Morgan fingerprint density at radius 1 is 1.48 bits per heavy atom. The molecule has 3 N–H and O–H groups in total. The summed E-state index contributed by atoms with van der Waals surface area (Å²) in [6, 6.07) is 6.03. The Bertz CT molecular complexity index is 662. The van der Waals surface area contributed by atoms with E-state index < -0.39 is 0 Å². The molecule has 2 aromatic rings. The van der Waals surface area contributed by atoms with Crippen molar-refractivity contribution in [3.05, 3.63) is 28.6 Å². The molecule has 2 heterocycles. The number of benzene rings is 1. The first-order chi connectivity index (χ1) is 10.1. The molecule has 1 unspecified atom stereocenters. The van der Waals surface area contributed by atoms with Crippen LogP contribution in [-0.4, -0.2) is 38.4 Å². The monoisotopic (exact) mass is 306 g/mol. The minimum Gasteiger partial charge on any atom is -0.397 e. The second-order valence-corrected chi connectivity index (χ2v) is 6.17. The fraction of sp³-hybridized carbons (Fsp3) is 0.400. The molecule has 0 saturated carbocycles. The average molecular weight is 306 g/mol. The van der Waals surface area contributed by atoms with Crippen molar-refractivity contribution < 1.29 is 14.3 Å². The van der Waals surface area contributed by atoms with Crippen LogP contribution in [0.5, 0.6) is 0 Å². The topological polar surface area (TPSA) is 73.6 Å². The highest BCUT2D eigenvalue weighted by Gasteiger charge is 2.19. The normalized spacial score (nSPS) is 18.8.